The van der Waals surface area contributed by atoms with Crippen LogP contribution in [0.4, 0.5) is 0 Å². The second-order valence-corrected chi connectivity index (χ2v) is 7.59. The molecule has 28 heavy (non-hydrogen) atoms. The fourth-order valence-electron chi connectivity index (χ4n) is 4.10. The number of carbonyl (C=O) groups excluding carboxylic acids is 1. The number of rotatable bonds is 5. The molecule has 1 amide bonds. The van der Waals surface area contributed by atoms with E-state index in [-0.39, 0.29) is 11.9 Å². The number of nitrogens with zero attached hydrogens (tertiary/aromatic N) is 2. The number of likely N-dealkylation sites (tertiary alicyclic amines) is 1. The van der Waals surface area contributed by atoms with Crippen LogP contribution >= 0.6 is 0 Å². The second-order valence-electron chi connectivity index (χ2n) is 7.59. The monoisotopic (exact) mass is 382 g/mol. The van der Waals surface area contributed by atoms with Gasteiger partial charge in [-0.05, 0) is 67.6 Å². The van der Waals surface area contributed by atoms with E-state index in [0.717, 1.165) is 35.9 Å². The maximum absolute atomic E-state index is 13.1. The molecule has 0 unspecified atom stereocenters. The normalized spacial score (nSPS) is 20.7. The van der Waals surface area contributed by atoms with Crippen molar-refractivity contribution in [1.29, 1.82) is 0 Å². The Labute approximate surface area is 165 Å². The topological polar surface area (TPSA) is 59.5 Å². The molecular weight excluding hydrogens is 354 g/mol. The number of benzene rings is 1. The maximum atomic E-state index is 13.1. The van der Waals surface area contributed by atoms with E-state index in [1.165, 1.54) is 30.6 Å². The molecule has 1 fully saturated rings. The van der Waals surface area contributed by atoms with Crippen molar-refractivity contribution in [1.82, 2.24) is 5.01 Å². The number of hydrogen-bond donors (Lipinski definition) is 1. The van der Waals surface area contributed by atoms with Gasteiger partial charge in [0, 0.05) is 6.42 Å². The van der Waals surface area contributed by atoms with Crippen molar-refractivity contribution in [3.05, 3.63) is 54.0 Å². The molecule has 1 aromatic heterocycles. The highest BCUT2D eigenvalue weighted by atomic mass is 16.5. The summed E-state index contributed by atoms with van der Waals surface area (Å²) >= 11 is 0. The van der Waals surface area contributed by atoms with Gasteiger partial charge in [-0.25, -0.2) is 5.01 Å². The molecule has 2 aliphatic heterocycles. The molecule has 148 valence electrons. The molecular formula is C22H28N3O3+. The maximum Gasteiger partial charge on any atom is 0.298 e. The zero-order valence-corrected chi connectivity index (χ0v) is 16.4. The van der Waals surface area contributed by atoms with Gasteiger partial charge in [0.1, 0.15) is 17.6 Å². The first-order chi connectivity index (χ1) is 13.7. The van der Waals surface area contributed by atoms with E-state index in [4.69, 9.17) is 14.3 Å². The van der Waals surface area contributed by atoms with Crippen molar-refractivity contribution < 1.29 is 18.8 Å². The van der Waals surface area contributed by atoms with Gasteiger partial charge in [0.2, 0.25) is 0 Å². The van der Waals surface area contributed by atoms with Crippen molar-refractivity contribution in [3.8, 4) is 5.75 Å². The van der Waals surface area contributed by atoms with Crippen molar-refractivity contribution in [2.45, 2.75) is 38.1 Å². The number of methoxy groups -OCH3 is 1. The molecule has 6 heteroatoms. The summed E-state index contributed by atoms with van der Waals surface area (Å²) in [6.07, 6.45) is 7.26. The molecule has 0 radical (unpaired) electrons. The Morgan fingerprint density at radius 1 is 1.18 bits per heavy atom. The largest absolute Gasteiger partial charge is 0.497 e. The highest BCUT2D eigenvalue weighted by Gasteiger charge is 2.36. The Hall–Kier alpha value is -2.60. The number of furan rings is 1. The van der Waals surface area contributed by atoms with Gasteiger partial charge in [-0.3, -0.25) is 4.79 Å². The Balaban J connectivity index is 1.55. The number of amides is 1. The Kier molecular flexibility index (Phi) is 5.76. The van der Waals surface area contributed by atoms with Gasteiger partial charge < -0.3 is 14.1 Å². The van der Waals surface area contributed by atoms with Gasteiger partial charge in [0.15, 0.2) is 6.54 Å². The van der Waals surface area contributed by atoms with E-state index < -0.39 is 0 Å². The van der Waals surface area contributed by atoms with Crippen LogP contribution in [0.1, 0.15) is 49.5 Å². The van der Waals surface area contributed by atoms with Crippen LogP contribution < -0.4 is 9.64 Å². The predicted octanol–water partition coefficient (Wildman–Crippen LogP) is 2.42. The highest BCUT2D eigenvalue weighted by Crippen LogP contribution is 2.33. The average Bonchev–Trinajstić information content (AvgIpc) is 3.34. The van der Waals surface area contributed by atoms with Crippen molar-refractivity contribution in [3.63, 3.8) is 0 Å². The third-order valence-electron chi connectivity index (χ3n) is 5.67. The van der Waals surface area contributed by atoms with Gasteiger partial charge in [-0.1, -0.05) is 0 Å². The van der Waals surface area contributed by atoms with Gasteiger partial charge >= 0.3 is 0 Å². The fraction of sp³-hybridized carbons (Fsp3) is 0.455. The van der Waals surface area contributed by atoms with Gasteiger partial charge in [-0.15, -0.1) is 0 Å². The first-order valence-corrected chi connectivity index (χ1v) is 10.2. The Bertz CT molecular complexity index is 806. The van der Waals surface area contributed by atoms with Crippen LogP contribution in [0.3, 0.4) is 0 Å². The summed E-state index contributed by atoms with van der Waals surface area (Å²) in [5.74, 6) is 1.66. The van der Waals surface area contributed by atoms with E-state index in [1.54, 1.807) is 18.4 Å². The molecule has 0 aliphatic carbocycles. The fourth-order valence-corrected chi connectivity index (χ4v) is 4.10. The summed E-state index contributed by atoms with van der Waals surface area (Å²) in [7, 11) is 1.65. The molecule has 1 aromatic carbocycles. The van der Waals surface area contributed by atoms with E-state index in [1.807, 2.05) is 36.4 Å². The van der Waals surface area contributed by atoms with E-state index in [9.17, 15) is 4.79 Å². The molecule has 6 nitrogen and oxygen atoms in total. The Morgan fingerprint density at radius 2 is 1.93 bits per heavy atom. The number of hydrazone groups is 1. The minimum absolute atomic E-state index is 0.0711. The predicted molar refractivity (Wildman–Crippen MR) is 106 cm³/mol. The lowest BCUT2D eigenvalue weighted by atomic mass is 10.0. The second kappa shape index (κ2) is 8.61. The van der Waals surface area contributed by atoms with Gasteiger partial charge in [0.05, 0.1) is 32.2 Å². The molecule has 1 N–H and O–H groups in total. The number of quaternary nitrogens is 1. The van der Waals surface area contributed by atoms with Gasteiger partial charge in [-0.2, -0.15) is 5.10 Å². The zero-order chi connectivity index (χ0) is 19.3. The third kappa shape index (κ3) is 4.12. The van der Waals surface area contributed by atoms with Crippen LogP contribution in [-0.4, -0.2) is 43.4 Å². The van der Waals surface area contributed by atoms with Crippen LogP contribution in [0, 0.1) is 0 Å². The standard InChI is InChI=1S/C22H27N3O3/c1-27-18-10-8-17(9-11-18)19-15-20(21-7-6-14-28-21)25(23-19)22(26)16-24-12-4-2-3-5-13-24/h6-11,14,20H,2-5,12-13,15-16H2,1H3/p+1/t20-/m1/s1. The number of nitrogens with one attached hydrogen (secondary N) is 1. The minimum atomic E-state index is -0.175. The quantitative estimate of drug-likeness (QED) is 0.864. The smallest absolute Gasteiger partial charge is 0.298 e. The molecule has 0 bridgehead atoms. The zero-order valence-electron chi connectivity index (χ0n) is 16.4. The molecule has 2 aromatic rings. The van der Waals surface area contributed by atoms with Crippen LogP contribution in [-0.2, 0) is 4.79 Å². The summed E-state index contributed by atoms with van der Waals surface area (Å²) in [5, 5.41) is 6.38. The molecule has 3 heterocycles. The molecule has 0 saturated carbocycles. The summed E-state index contributed by atoms with van der Waals surface area (Å²) in [4.78, 5) is 14.5. The summed E-state index contributed by atoms with van der Waals surface area (Å²) in [6.45, 7) is 2.64. The Morgan fingerprint density at radius 3 is 2.57 bits per heavy atom. The van der Waals surface area contributed by atoms with E-state index in [2.05, 4.69) is 0 Å². The lowest BCUT2D eigenvalue weighted by Crippen LogP contribution is -3.13. The molecule has 0 spiro atoms. The first-order valence-electron chi connectivity index (χ1n) is 10.2. The lowest BCUT2D eigenvalue weighted by Gasteiger charge is -2.23. The number of ether oxygens (including phenoxy) is 1. The third-order valence-corrected chi connectivity index (χ3v) is 5.67. The van der Waals surface area contributed by atoms with Crippen molar-refractivity contribution in [2.75, 3.05) is 26.7 Å². The van der Waals surface area contributed by atoms with Crippen LogP contribution in [0.5, 0.6) is 5.75 Å². The first kappa shape index (κ1) is 18.7. The van der Waals surface area contributed by atoms with Crippen molar-refractivity contribution in [2.24, 2.45) is 5.10 Å². The van der Waals surface area contributed by atoms with Crippen LogP contribution in [0.15, 0.2) is 52.2 Å². The molecule has 1 atom stereocenters. The minimum Gasteiger partial charge on any atom is -0.497 e. The number of carbonyl (C=O) groups is 1. The highest BCUT2D eigenvalue weighted by molar-refractivity contribution is 6.03. The van der Waals surface area contributed by atoms with E-state index >= 15 is 0 Å². The van der Waals surface area contributed by atoms with E-state index in [0.29, 0.717) is 13.0 Å². The molecule has 1 saturated heterocycles. The van der Waals surface area contributed by atoms with Crippen LogP contribution in [0.25, 0.3) is 0 Å². The van der Waals surface area contributed by atoms with Crippen LogP contribution in [0.2, 0.25) is 0 Å². The van der Waals surface area contributed by atoms with Crippen molar-refractivity contribution >= 4 is 11.6 Å². The lowest BCUT2D eigenvalue weighted by molar-refractivity contribution is -0.891. The average molecular weight is 382 g/mol. The summed E-state index contributed by atoms with van der Waals surface area (Å²) in [5.41, 5.74) is 1.91. The molecule has 4 rings (SSSR count). The SMILES string of the molecule is COc1ccc(C2=NN(C(=O)C[NH+]3CCCCCC3)[C@@H](c3ccco3)C2)cc1. The number of hydrogen-bond acceptors (Lipinski definition) is 4. The summed E-state index contributed by atoms with van der Waals surface area (Å²) < 4.78 is 10.9. The van der Waals surface area contributed by atoms with Gasteiger partial charge in [0.25, 0.3) is 5.91 Å². The summed E-state index contributed by atoms with van der Waals surface area (Å²) in [6, 6.07) is 11.4. The molecule has 2 aliphatic rings.